The Bertz CT molecular complexity index is 559. The number of ketones is 1. The van der Waals surface area contributed by atoms with E-state index in [1.807, 2.05) is 18.2 Å². The molecule has 0 fully saturated rings. The van der Waals surface area contributed by atoms with Gasteiger partial charge in [-0.2, -0.15) is 0 Å². The van der Waals surface area contributed by atoms with E-state index in [9.17, 15) is 4.79 Å². The van der Waals surface area contributed by atoms with Crippen LogP contribution in [0, 0.1) is 0 Å². The smallest absolute Gasteiger partial charge is 0.165 e. The van der Waals surface area contributed by atoms with Gasteiger partial charge in [-0.15, -0.1) is 0 Å². The molecule has 0 aliphatic heterocycles. The Morgan fingerprint density at radius 1 is 1.21 bits per heavy atom. The number of fused-ring (bicyclic) bond motifs is 1. The van der Waals surface area contributed by atoms with Gasteiger partial charge in [-0.1, -0.05) is 44.2 Å². The molecule has 1 heterocycles. The minimum Gasteiger partial charge on any atom is -0.360 e. The Morgan fingerprint density at radius 3 is 2.79 bits per heavy atom. The lowest BCUT2D eigenvalue weighted by Crippen LogP contribution is -1.97. The fourth-order valence-corrected chi connectivity index (χ4v) is 2.52. The molecule has 102 valence electrons. The van der Waals surface area contributed by atoms with Crippen LogP contribution in [-0.2, 0) is 0 Å². The number of Topliss-reactive ketones (excluding diaryl/α,β-unsaturated/α-hetero) is 1. The summed E-state index contributed by atoms with van der Waals surface area (Å²) in [5.74, 6) is 0.213. The number of hydrogen-bond acceptors (Lipinski definition) is 1. The summed E-state index contributed by atoms with van der Waals surface area (Å²) < 4.78 is 0. The zero-order chi connectivity index (χ0) is 13.7. The van der Waals surface area contributed by atoms with Crippen LogP contribution in [0.5, 0.6) is 0 Å². The van der Waals surface area contributed by atoms with E-state index < -0.39 is 0 Å². The van der Waals surface area contributed by atoms with Crippen LogP contribution in [0.1, 0.15) is 55.8 Å². The fraction of sp³-hybridized carbons (Fsp3) is 0.438. The number of hydrogen-bond donors (Lipinski definition) is 1. The van der Waals surface area contributed by atoms with Crippen molar-refractivity contribution in [3.63, 3.8) is 0 Å². The molecule has 0 spiro atoms. The van der Waals surface area contributed by atoms with E-state index in [2.05, 4.69) is 11.9 Å². The SMILES string of the molecule is CCCCCCCC(=O)c1c[nH]c2ccc(Cl)cc12. The van der Waals surface area contributed by atoms with Gasteiger partial charge in [0.05, 0.1) is 0 Å². The van der Waals surface area contributed by atoms with Crippen molar-refractivity contribution < 1.29 is 4.79 Å². The predicted molar refractivity (Wildman–Crippen MR) is 81.0 cm³/mol. The van der Waals surface area contributed by atoms with Gasteiger partial charge in [-0.05, 0) is 24.6 Å². The molecule has 19 heavy (non-hydrogen) atoms. The molecule has 0 bridgehead atoms. The van der Waals surface area contributed by atoms with Crippen LogP contribution < -0.4 is 0 Å². The van der Waals surface area contributed by atoms with Gasteiger partial charge in [-0.3, -0.25) is 4.79 Å². The molecular formula is C16H20ClNO. The minimum absolute atomic E-state index is 0.213. The zero-order valence-electron chi connectivity index (χ0n) is 11.3. The van der Waals surface area contributed by atoms with Gasteiger partial charge in [0.1, 0.15) is 0 Å². The number of unbranched alkanes of at least 4 members (excludes halogenated alkanes) is 4. The van der Waals surface area contributed by atoms with Crippen LogP contribution in [0.4, 0.5) is 0 Å². The first-order valence-electron chi connectivity index (χ1n) is 7.02. The molecule has 1 aromatic heterocycles. The first-order valence-corrected chi connectivity index (χ1v) is 7.40. The molecule has 0 saturated carbocycles. The molecular weight excluding hydrogens is 258 g/mol. The Labute approximate surface area is 119 Å². The van der Waals surface area contributed by atoms with Gasteiger partial charge in [0.2, 0.25) is 0 Å². The highest BCUT2D eigenvalue weighted by atomic mass is 35.5. The average Bonchev–Trinajstić information content (AvgIpc) is 2.81. The monoisotopic (exact) mass is 277 g/mol. The van der Waals surface area contributed by atoms with E-state index in [1.165, 1.54) is 19.3 Å². The second-order valence-corrected chi connectivity index (χ2v) is 5.42. The summed E-state index contributed by atoms with van der Waals surface area (Å²) in [6, 6.07) is 5.60. The van der Waals surface area contributed by atoms with Crippen LogP contribution in [0.25, 0.3) is 10.9 Å². The lowest BCUT2D eigenvalue weighted by molar-refractivity contribution is 0.0981. The number of carbonyl (C=O) groups excluding carboxylic acids is 1. The topological polar surface area (TPSA) is 32.9 Å². The number of rotatable bonds is 7. The summed E-state index contributed by atoms with van der Waals surface area (Å²) in [6.45, 7) is 2.20. The highest BCUT2D eigenvalue weighted by Crippen LogP contribution is 2.24. The van der Waals surface area contributed by atoms with Crippen molar-refractivity contribution >= 4 is 28.3 Å². The fourth-order valence-electron chi connectivity index (χ4n) is 2.35. The first-order chi connectivity index (χ1) is 9.22. The maximum atomic E-state index is 12.2. The van der Waals surface area contributed by atoms with E-state index in [0.29, 0.717) is 11.4 Å². The van der Waals surface area contributed by atoms with Gasteiger partial charge < -0.3 is 4.98 Å². The third kappa shape index (κ3) is 3.60. The van der Waals surface area contributed by atoms with Crippen molar-refractivity contribution in [1.82, 2.24) is 4.98 Å². The average molecular weight is 278 g/mol. The third-order valence-electron chi connectivity index (χ3n) is 3.45. The molecule has 0 aliphatic carbocycles. The second kappa shape index (κ2) is 6.76. The molecule has 0 unspecified atom stereocenters. The molecule has 1 N–H and O–H groups in total. The summed E-state index contributed by atoms with van der Waals surface area (Å²) in [5.41, 5.74) is 1.74. The van der Waals surface area contributed by atoms with E-state index in [0.717, 1.165) is 29.3 Å². The highest BCUT2D eigenvalue weighted by molar-refractivity contribution is 6.31. The molecule has 2 rings (SSSR count). The Morgan fingerprint density at radius 2 is 2.00 bits per heavy atom. The number of carbonyl (C=O) groups is 1. The summed E-state index contributed by atoms with van der Waals surface area (Å²) in [5, 5.41) is 1.61. The lowest BCUT2D eigenvalue weighted by Gasteiger charge is -2.00. The molecule has 0 radical (unpaired) electrons. The van der Waals surface area contributed by atoms with Crippen LogP contribution in [-0.4, -0.2) is 10.8 Å². The number of aromatic amines is 1. The number of nitrogens with one attached hydrogen (secondary N) is 1. The number of halogens is 1. The molecule has 0 aliphatic rings. The van der Waals surface area contributed by atoms with E-state index in [1.54, 1.807) is 6.20 Å². The van der Waals surface area contributed by atoms with Crippen molar-refractivity contribution in [3.8, 4) is 0 Å². The van der Waals surface area contributed by atoms with Crippen molar-refractivity contribution in [1.29, 1.82) is 0 Å². The third-order valence-corrected chi connectivity index (χ3v) is 3.69. The quantitative estimate of drug-likeness (QED) is 0.536. The molecule has 0 atom stereocenters. The van der Waals surface area contributed by atoms with Crippen molar-refractivity contribution in [3.05, 3.63) is 35.0 Å². The normalized spacial score (nSPS) is 11.1. The maximum absolute atomic E-state index is 12.2. The summed E-state index contributed by atoms with van der Waals surface area (Å²) in [7, 11) is 0. The van der Waals surface area contributed by atoms with E-state index >= 15 is 0 Å². The van der Waals surface area contributed by atoms with Gasteiger partial charge in [0.15, 0.2) is 5.78 Å². The number of H-pyrrole nitrogens is 1. The van der Waals surface area contributed by atoms with Crippen molar-refractivity contribution in [2.45, 2.75) is 45.4 Å². The van der Waals surface area contributed by atoms with Crippen LogP contribution in [0.3, 0.4) is 0 Å². The predicted octanol–water partition coefficient (Wildman–Crippen LogP) is 5.36. The van der Waals surface area contributed by atoms with Gasteiger partial charge in [0.25, 0.3) is 0 Å². The van der Waals surface area contributed by atoms with E-state index in [4.69, 9.17) is 11.6 Å². The van der Waals surface area contributed by atoms with Gasteiger partial charge in [-0.25, -0.2) is 0 Å². The standard InChI is InChI=1S/C16H20ClNO/c1-2-3-4-5-6-7-16(19)14-11-18-15-9-8-12(17)10-13(14)15/h8-11,18H,2-7H2,1H3. The van der Waals surface area contributed by atoms with Crippen LogP contribution >= 0.6 is 11.6 Å². The molecule has 3 heteroatoms. The molecule has 0 amide bonds. The Hall–Kier alpha value is -1.28. The maximum Gasteiger partial charge on any atom is 0.165 e. The Balaban J connectivity index is 1.99. The number of aromatic nitrogens is 1. The summed E-state index contributed by atoms with van der Waals surface area (Å²) >= 11 is 5.99. The largest absolute Gasteiger partial charge is 0.360 e. The molecule has 0 saturated heterocycles. The second-order valence-electron chi connectivity index (χ2n) is 4.98. The summed E-state index contributed by atoms with van der Waals surface area (Å²) in [4.78, 5) is 15.3. The van der Waals surface area contributed by atoms with Gasteiger partial charge in [0, 0.05) is 34.1 Å². The van der Waals surface area contributed by atoms with Crippen LogP contribution in [0.2, 0.25) is 5.02 Å². The lowest BCUT2D eigenvalue weighted by atomic mass is 10.0. The zero-order valence-corrected chi connectivity index (χ0v) is 12.1. The van der Waals surface area contributed by atoms with Crippen LogP contribution in [0.15, 0.2) is 24.4 Å². The summed E-state index contributed by atoms with van der Waals surface area (Å²) in [6.07, 6.45) is 8.27. The first kappa shape index (κ1) is 14.1. The van der Waals surface area contributed by atoms with E-state index in [-0.39, 0.29) is 5.78 Å². The number of benzene rings is 1. The molecule has 2 aromatic rings. The molecule has 1 aromatic carbocycles. The minimum atomic E-state index is 0.213. The van der Waals surface area contributed by atoms with Gasteiger partial charge >= 0.3 is 0 Å². The molecule has 2 nitrogen and oxygen atoms in total. The van der Waals surface area contributed by atoms with Crippen molar-refractivity contribution in [2.24, 2.45) is 0 Å². The Kier molecular flexibility index (Phi) is 5.03. The van der Waals surface area contributed by atoms with Crippen molar-refractivity contribution in [2.75, 3.05) is 0 Å². The highest BCUT2D eigenvalue weighted by Gasteiger charge is 2.11.